The molecule has 7 heteroatoms. The molecule has 1 fully saturated rings. The van der Waals surface area contributed by atoms with Gasteiger partial charge in [-0.3, -0.25) is 9.48 Å². The van der Waals surface area contributed by atoms with E-state index in [1.54, 1.807) is 6.07 Å². The molecule has 1 N–H and O–H groups in total. The van der Waals surface area contributed by atoms with Gasteiger partial charge in [0, 0.05) is 24.0 Å². The highest BCUT2D eigenvalue weighted by Gasteiger charge is 2.29. The quantitative estimate of drug-likeness (QED) is 0.767. The summed E-state index contributed by atoms with van der Waals surface area (Å²) in [5, 5.41) is 8.12. The van der Waals surface area contributed by atoms with Crippen LogP contribution in [0.25, 0.3) is 22.0 Å². The van der Waals surface area contributed by atoms with Crippen molar-refractivity contribution < 1.29 is 13.2 Å². The van der Waals surface area contributed by atoms with E-state index in [1.165, 1.54) is 0 Å². The SMILES string of the molecule is Cn1ncc2cc(-c3cccc(C(=O)N[C@@H]4CCS(=O)(=O)C4)c3)ccc21. The van der Waals surface area contributed by atoms with E-state index in [-0.39, 0.29) is 23.5 Å². The molecule has 1 atom stereocenters. The van der Waals surface area contributed by atoms with E-state index < -0.39 is 9.84 Å². The smallest absolute Gasteiger partial charge is 0.251 e. The van der Waals surface area contributed by atoms with E-state index in [0.29, 0.717) is 12.0 Å². The molecule has 2 heterocycles. The van der Waals surface area contributed by atoms with Gasteiger partial charge in [0.25, 0.3) is 5.91 Å². The van der Waals surface area contributed by atoms with Crippen LogP contribution in [0, 0.1) is 0 Å². The number of hydrogen-bond donors (Lipinski definition) is 1. The lowest BCUT2D eigenvalue weighted by molar-refractivity contribution is 0.0941. The molecule has 1 aliphatic rings. The van der Waals surface area contributed by atoms with Crippen LogP contribution >= 0.6 is 0 Å². The van der Waals surface area contributed by atoms with Crippen molar-refractivity contribution in [3.8, 4) is 11.1 Å². The van der Waals surface area contributed by atoms with Gasteiger partial charge in [0.15, 0.2) is 9.84 Å². The molecular formula is C19H19N3O3S. The molecule has 2 aromatic carbocycles. The number of fused-ring (bicyclic) bond motifs is 1. The molecule has 1 amide bonds. The lowest BCUT2D eigenvalue weighted by Gasteiger charge is -2.11. The highest BCUT2D eigenvalue weighted by Crippen LogP contribution is 2.25. The van der Waals surface area contributed by atoms with Crippen molar-refractivity contribution in [3.05, 3.63) is 54.2 Å². The summed E-state index contributed by atoms with van der Waals surface area (Å²) in [7, 11) is -1.12. The van der Waals surface area contributed by atoms with Gasteiger partial charge in [-0.15, -0.1) is 0 Å². The predicted octanol–water partition coefficient (Wildman–Crippen LogP) is 2.16. The van der Waals surface area contributed by atoms with Crippen molar-refractivity contribution >= 4 is 26.6 Å². The highest BCUT2D eigenvalue weighted by atomic mass is 32.2. The molecular weight excluding hydrogens is 350 g/mol. The summed E-state index contributed by atoms with van der Waals surface area (Å²) in [5.41, 5.74) is 3.51. The Hall–Kier alpha value is -2.67. The van der Waals surface area contributed by atoms with E-state index in [0.717, 1.165) is 22.0 Å². The topological polar surface area (TPSA) is 81.1 Å². The predicted molar refractivity (Wildman–Crippen MR) is 101 cm³/mol. The number of aryl methyl sites for hydroxylation is 1. The second-order valence-corrected chi connectivity index (χ2v) is 8.92. The summed E-state index contributed by atoms with van der Waals surface area (Å²) in [6.45, 7) is 0. The lowest BCUT2D eigenvalue weighted by atomic mass is 10.0. The van der Waals surface area contributed by atoms with Crippen LogP contribution in [0.4, 0.5) is 0 Å². The van der Waals surface area contributed by atoms with Gasteiger partial charge in [0.1, 0.15) is 0 Å². The van der Waals surface area contributed by atoms with Gasteiger partial charge in [-0.05, 0) is 41.8 Å². The third kappa shape index (κ3) is 3.22. The average Bonchev–Trinajstić information content (AvgIpc) is 3.16. The number of carbonyl (C=O) groups is 1. The molecule has 0 spiro atoms. The molecule has 134 valence electrons. The van der Waals surface area contributed by atoms with Crippen molar-refractivity contribution in [2.75, 3.05) is 11.5 Å². The van der Waals surface area contributed by atoms with Crippen LogP contribution < -0.4 is 5.32 Å². The number of benzene rings is 2. The number of hydrogen-bond acceptors (Lipinski definition) is 4. The molecule has 1 aromatic heterocycles. The van der Waals surface area contributed by atoms with E-state index in [4.69, 9.17) is 0 Å². The van der Waals surface area contributed by atoms with Gasteiger partial charge in [-0.25, -0.2) is 8.42 Å². The van der Waals surface area contributed by atoms with Crippen LogP contribution in [0.1, 0.15) is 16.8 Å². The molecule has 6 nitrogen and oxygen atoms in total. The number of aromatic nitrogens is 2. The molecule has 3 aromatic rings. The third-order valence-electron chi connectivity index (χ3n) is 4.77. The Balaban J connectivity index is 1.58. The fraction of sp³-hybridized carbons (Fsp3) is 0.263. The Morgan fingerprint density at radius 2 is 2.00 bits per heavy atom. The Bertz CT molecular complexity index is 1100. The first kappa shape index (κ1) is 16.8. The van der Waals surface area contributed by atoms with Crippen molar-refractivity contribution in [3.63, 3.8) is 0 Å². The van der Waals surface area contributed by atoms with Crippen molar-refractivity contribution in [2.45, 2.75) is 12.5 Å². The molecule has 0 aliphatic carbocycles. The molecule has 0 radical (unpaired) electrons. The number of carbonyl (C=O) groups excluding carboxylic acids is 1. The fourth-order valence-electron chi connectivity index (χ4n) is 3.36. The summed E-state index contributed by atoms with van der Waals surface area (Å²) in [6, 6.07) is 13.1. The van der Waals surface area contributed by atoms with E-state index in [2.05, 4.69) is 10.4 Å². The number of nitrogens with one attached hydrogen (secondary N) is 1. The average molecular weight is 369 g/mol. The van der Waals surface area contributed by atoms with Crippen LogP contribution in [0.2, 0.25) is 0 Å². The number of rotatable bonds is 3. The van der Waals surface area contributed by atoms with Crippen molar-refractivity contribution in [1.82, 2.24) is 15.1 Å². The molecule has 4 rings (SSSR count). The van der Waals surface area contributed by atoms with Crippen LogP contribution in [-0.4, -0.2) is 41.7 Å². The first-order valence-electron chi connectivity index (χ1n) is 8.45. The van der Waals surface area contributed by atoms with Crippen LogP contribution in [0.3, 0.4) is 0 Å². The second-order valence-electron chi connectivity index (χ2n) is 6.70. The van der Waals surface area contributed by atoms with Gasteiger partial charge in [-0.2, -0.15) is 5.10 Å². The second kappa shape index (κ2) is 6.25. The fourth-order valence-corrected chi connectivity index (χ4v) is 5.03. The van der Waals surface area contributed by atoms with E-state index in [1.807, 2.05) is 54.3 Å². The molecule has 0 saturated carbocycles. The van der Waals surface area contributed by atoms with Crippen LogP contribution in [0.5, 0.6) is 0 Å². The standard InChI is InChI=1S/C19H19N3O3S/c1-22-18-6-5-14(10-16(18)11-20-22)13-3-2-4-15(9-13)19(23)21-17-7-8-26(24,25)12-17/h2-6,9-11,17H,7-8,12H2,1H3,(H,21,23)/t17-/m1/s1. The van der Waals surface area contributed by atoms with Gasteiger partial charge in [0.05, 0.1) is 23.2 Å². The summed E-state index contributed by atoms with van der Waals surface area (Å²) in [4.78, 5) is 12.5. The maximum Gasteiger partial charge on any atom is 0.251 e. The Morgan fingerprint density at radius 3 is 2.77 bits per heavy atom. The van der Waals surface area contributed by atoms with Gasteiger partial charge >= 0.3 is 0 Å². The Morgan fingerprint density at radius 1 is 1.19 bits per heavy atom. The number of amides is 1. The van der Waals surface area contributed by atoms with Gasteiger partial charge < -0.3 is 5.32 Å². The largest absolute Gasteiger partial charge is 0.348 e. The molecule has 0 unspecified atom stereocenters. The summed E-state index contributed by atoms with van der Waals surface area (Å²) < 4.78 is 24.9. The Labute approximate surface area is 151 Å². The lowest BCUT2D eigenvalue weighted by Crippen LogP contribution is -2.35. The summed E-state index contributed by atoms with van der Waals surface area (Å²) in [5.74, 6) is -0.0735. The highest BCUT2D eigenvalue weighted by molar-refractivity contribution is 7.91. The molecule has 1 aliphatic heterocycles. The van der Waals surface area contributed by atoms with Crippen molar-refractivity contribution in [2.24, 2.45) is 7.05 Å². The first-order valence-corrected chi connectivity index (χ1v) is 10.3. The molecule has 0 bridgehead atoms. The van der Waals surface area contributed by atoms with Gasteiger partial charge in [-0.1, -0.05) is 18.2 Å². The number of nitrogens with zero attached hydrogens (tertiary/aromatic N) is 2. The number of sulfone groups is 1. The minimum Gasteiger partial charge on any atom is -0.348 e. The van der Waals surface area contributed by atoms with E-state index in [9.17, 15) is 13.2 Å². The van der Waals surface area contributed by atoms with Crippen LogP contribution in [0.15, 0.2) is 48.7 Å². The minimum absolute atomic E-state index is 0.0239. The Kier molecular flexibility index (Phi) is 4.03. The third-order valence-corrected chi connectivity index (χ3v) is 6.54. The summed E-state index contributed by atoms with van der Waals surface area (Å²) >= 11 is 0. The van der Waals surface area contributed by atoms with Gasteiger partial charge in [0.2, 0.25) is 0 Å². The van der Waals surface area contributed by atoms with Crippen molar-refractivity contribution in [1.29, 1.82) is 0 Å². The normalized spacial score (nSPS) is 18.9. The first-order chi connectivity index (χ1) is 12.4. The zero-order chi connectivity index (χ0) is 18.3. The zero-order valence-corrected chi connectivity index (χ0v) is 15.2. The summed E-state index contributed by atoms with van der Waals surface area (Å²) in [6.07, 6.45) is 2.29. The van der Waals surface area contributed by atoms with Crippen LogP contribution in [-0.2, 0) is 16.9 Å². The minimum atomic E-state index is -3.02. The monoisotopic (exact) mass is 369 g/mol. The zero-order valence-electron chi connectivity index (χ0n) is 14.3. The maximum absolute atomic E-state index is 12.5. The molecule has 26 heavy (non-hydrogen) atoms. The molecule has 1 saturated heterocycles. The van der Waals surface area contributed by atoms with E-state index >= 15 is 0 Å². The maximum atomic E-state index is 12.5.